The molecule has 3 rings (SSSR count). The van der Waals surface area contributed by atoms with E-state index in [1.54, 1.807) is 5.38 Å². The quantitative estimate of drug-likeness (QED) is 0.694. The molecule has 0 unspecified atom stereocenters. The van der Waals surface area contributed by atoms with Crippen molar-refractivity contribution in [3.8, 4) is 16.3 Å². The van der Waals surface area contributed by atoms with Crippen molar-refractivity contribution in [1.29, 1.82) is 0 Å². The maximum atomic E-state index is 10.8. The third-order valence-corrected chi connectivity index (χ3v) is 4.44. The minimum absolute atomic E-state index is 0.0813. The van der Waals surface area contributed by atoms with Gasteiger partial charge in [-0.15, -0.1) is 11.3 Å². The van der Waals surface area contributed by atoms with E-state index in [-0.39, 0.29) is 6.42 Å². The third-order valence-electron chi connectivity index (χ3n) is 3.28. The second kappa shape index (κ2) is 7.47. The molecule has 0 saturated heterocycles. The van der Waals surface area contributed by atoms with E-state index in [9.17, 15) is 4.79 Å². The van der Waals surface area contributed by atoms with Gasteiger partial charge in [0, 0.05) is 10.4 Å². The van der Waals surface area contributed by atoms with Crippen LogP contribution < -0.4 is 4.74 Å². The Hall–Kier alpha value is -2.37. The van der Waals surface area contributed by atoms with Gasteiger partial charge in [0.2, 0.25) is 0 Å². The van der Waals surface area contributed by atoms with Gasteiger partial charge < -0.3 is 9.84 Å². The summed E-state index contributed by atoms with van der Waals surface area (Å²) >= 11 is 7.39. The van der Waals surface area contributed by atoms with Gasteiger partial charge in [0.25, 0.3) is 0 Å². The maximum absolute atomic E-state index is 10.8. The minimum Gasteiger partial charge on any atom is -0.488 e. The minimum atomic E-state index is -0.891. The lowest BCUT2D eigenvalue weighted by molar-refractivity contribution is -0.136. The third kappa shape index (κ3) is 4.13. The second-order valence-electron chi connectivity index (χ2n) is 5.13. The maximum Gasteiger partial charge on any atom is 0.309 e. The molecule has 0 aliphatic rings. The monoisotopic (exact) mass is 359 g/mol. The molecule has 2 aromatic carbocycles. The Morgan fingerprint density at radius 3 is 2.83 bits per heavy atom. The molecular weight excluding hydrogens is 346 g/mol. The van der Waals surface area contributed by atoms with Crippen LogP contribution >= 0.6 is 22.9 Å². The molecule has 0 radical (unpaired) electrons. The fourth-order valence-corrected chi connectivity index (χ4v) is 3.29. The number of thiazole rings is 1. The van der Waals surface area contributed by atoms with E-state index in [1.807, 2.05) is 48.5 Å². The number of nitrogens with zero attached hydrogens (tertiary/aromatic N) is 1. The lowest BCUT2D eigenvalue weighted by atomic mass is 10.2. The van der Waals surface area contributed by atoms with Crippen molar-refractivity contribution < 1.29 is 14.6 Å². The second-order valence-corrected chi connectivity index (χ2v) is 6.42. The first-order valence-electron chi connectivity index (χ1n) is 7.24. The summed E-state index contributed by atoms with van der Waals surface area (Å²) in [7, 11) is 0. The van der Waals surface area contributed by atoms with E-state index in [2.05, 4.69) is 4.98 Å². The number of hydrogen-bond donors (Lipinski definition) is 1. The van der Waals surface area contributed by atoms with Crippen LogP contribution in [0.2, 0.25) is 5.02 Å². The number of aromatic nitrogens is 1. The molecule has 6 heteroatoms. The Morgan fingerprint density at radius 2 is 2.04 bits per heavy atom. The number of halogens is 1. The van der Waals surface area contributed by atoms with Crippen molar-refractivity contribution in [2.24, 2.45) is 0 Å². The largest absolute Gasteiger partial charge is 0.488 e. The molecule has 1 N–H and O–H groups in total. The van der Waals surface area contributed by atoms with Crippen molar-refractivity contribution in [3.05, 3.63) is 70.2 Å². The summed E-state index contributed by atoms with van der Waals surface area (Å²) in [6, 6.07) is 15.1. The number of rotatable bonds is 6. The summed E-state index contributed by atoms with van der Waals surface area (Å²) in [5, 5.41) is 12.0. The summed E-state index contributed by atoms with van der Waals surface area (Å²) in [5.74, 6) is -0.189. The highest BCUT2D eigenvalue weighted by Crippen LogP contribution is 2.32. The number of para-hydroxylation sites is 1. The number of carboxylic acid groups (broad SMARTS) is 1. The smallest absolute Gasteiger partial charge is 0.309 e. The zero-order chi connectivity index (χ0) is 16.9. The highest BCUT2D eigenvalue weighted by atomic mass is 35.5. The van der Waals surface area contributed by atoms with Gasteiger partial charge in [0.15, 0.2) is 0 Å². The van der Waals surface area contributed by atoms with E-state index in [4.69, 9.17) is 21.4 Å². The van der Waals surface area contributed by atoms with Crippen LogP contribution in [-0.4, -0.2) is 16.1 Å². The molecule has 3 aromatic rings. The van der Waals surface area contributed by atoms with Crippen LogP contribution in [-0.2, 0) is 17.8 Å². The average molecular weight is 360 g/mol. The Balaban J connectivity index is 1.80. The molecule has 1 heterocycles. The van der Waals surface area contributed by atoms with Gasteiger partial charge in [-0.1, -0.05) is 35.9 Å². The number of ether oxygens (including phenoxy) is 1. The van der Waals surface area contributed by atoms with Crippen molar-refractivity contribution in [1.82, 2.24) is 4.98 Å². The average Bonchev–Trinajstić information content (AvgIpc) is 3.01. The molecule has 24 heavy (non-hydrogen) atoms. The lowest BCUT2D eigenvalue weighted by Crippen LogP contribution is -2.00. The van der Waals surface area contributed by atoms with Gasteiger partial charge in [-0.2, -0.15) is 0 Å². The van der Waals surface area contributed by atoms with Crippen LogP contribution in [0.1, 0.15) is 11.3 Å². The molecule has 0 atom stereocenters. The topological polar surface area (TPSA) is 59.4 Å². The number of carboxylic acids is 1. The molecule has 4 nitrogen and oxygen atoms in total. The molecule has 1 aromatic heterocycles. The van der Waals surface area contributed by atoms with Crippen molar-refractivity contribution in [2.45, 2.75) is 13.0 Å². The Bertz CT molecular complexity index is 863. The van der Waals surface area contributed by atoms with Gasteiger partial charge in [-0.3, -0.25) is 4.79 Å². The van der Waals surface area contributed by atoms with Gasteiger partial charge in [-0.05, 0) is 29.8 Å². The van der Waals surface area contributed by atoms with E-state index >= 15 is 0 Å². The van der Waals surface area contributed by atoms with Gasteiger partial charge in [-0.25, -0.2) is 4.98 Å². The van der Waals surface area contributed by atoms with Crippen LogP contribution in [0.5, 0.6) is 5.75 Å². The Kier molecular flexibility index (Phi) is 5.13. The molecule has 0 aliphatic heterocycles. The highest BCUT2D eigenvalue weighted by Gasteiger charge is 2.12. The molecule has 0 amide bonds. The Morgan fingerprint density at radius 1 is 1.21 bits per heavy atom. The SMILES string of the molecule is O=C(O)Cc1csc(-c2ccccc2OCc2cccc(Cl)c2)n1. The summed E-state index contributed by atoms with van der Waals surface area (Å²) in [4.78, 5) is 15.2. The highest BCUT2D eigenvalue weighted by molar-refractivity contribution is 7.13. The fourth-order valence-electron chi connectivity index (χ4n) is 2.22. The first-order chi connectivity index (χ1) is 11.6. The van der Waals surface area contributed by atoms with Gasteiger partial charge in [0.1, 0.15) is 17.4 Å². The van der Waals surface area contributed by atoms with Crippen LogP contribution in [0.25, 0.3) is 10.6 Å². The predicted octanol–water partition coefficient (Wildman–Crippen LogP) is 4.67. The van der Waals surface area contributed by atoms with Crippen molar-refractivity contribution in [2.75, 3.05) is 0 Å². The standard InChI is InChI=1S/C18H14ClNO3S/c19-13-5-3-4-12(8-13)10-23-16-7-2-1-6-15(16)18-20-14(11-24-18)9-17(21)22/h1-8,11H,9-10H2,(H,21,22). The predicted molar refractivity (Wildman–Crippen MR) is 94.7 cm³/mol. The van der Waals surface area contributed by atoms with Crippen LogP contribution in [0.4, 0.5) is 0 Å². The van der Waals surface area contributed by atoms with Crippen LogP contribution in [0.15, 0.2) is 53.9 Å². The van der Waals surface area contributed by atoms with Gasteiger partial charge in [0.05, 0.1) is 17.7 Å². The van der Waals surface area contributed by atoms with Crippen molar-refractivity contribution >= 4 is 28.9 Å². The zero-order valence-corrected chi connectivity index (χ0v) is 14.2. The summed E-state index contributed by atoms with van der Waals surface area (Å²) in [5.41, 5.74) is 2.37. The number of hydrogen-bond acceptors (Lipinski definition) is 4. The van der Waals surface area contributed by atoms with E-state index in [1.165, 1.54) is 11.3 Å². The first kappa shape index (κ1) is 16.5. The molecule has 0 aliphatic carbocycles. The van der Waals surface area contributed by atoms with Gasteiger partial charge >= 0.3 is 5.97 Å². The number of benzene rings is 2. The summed E-state index contributed by atoms with van der Waals surface area (Å²) in [6.07, 6.45) is -0.0813. The number of aliphatic carboxylic acids is 1. The van der Waals surface area contributed by atoms with Crippen LogP contribution in [0, 0.1) is 0 Å². The van der Waals surface area contributed by atoms with Crippen LogP contribution in [0.3, 0.4) is 0 Å². The van der Waals surface area contributed by atoms with E-state index < -0.39 is 5.97 Å². The first-order valence-corrected chi connectivity index (χ1v) is 8.50. The van der Waals surface area contributed by atoms with E-state index in [0.29, 0.717) is 23.1 Å². The molecule has 0 spiro atoms. The summed E-state index contributed by atoms with van der Waals surface area (Å²) in [6.45, 7) is 0.394. The Labute approximate surface area is 148 Å². The molecular formula is C18H14ClNO3S. The molecule has 0 fully saturated rings. The molecule has 0 saturated carbocycles. The lowest BCUT2D eigenvalue weighted by Gasteiger charge is -2.10. The molecule has 0 bridgehead atoms. The number of carbonyl (C=O) groups is 1. The van der Waals surface area contributed by atoms with Crippen molar-refractivity contribution in [3.63, 3.8) is 0 Å². The normalized spacial score (nSPS) is 10.5. The summed E-state index contributed by atoms with van der Waals surface area (Å²) < 4.78 is 5.91. The fraction of sp³-hybridized carbons (Fsp3) is 0.111. The molecule has 122 valence electrons. The van der Waals surface area contributed by atoms with E-state index in [0.717, 1.165) is 16.1 Å². The zero-order valence-electron chi connectivity index (χ0n) is 12.6.